The summed E-state index contributed by atoms with van der Waals surface area (Å²) in [6.07, 6.45) is 0.462. The largest absolute Gasteiger partial charge is 0.357 e. The molecular weight excluding hydrogens is 368 g/mol. The Labute approximate surface area is 161 Å². The summed E-state index contributed by atoms with van der Waals surface area (Å²) in [6.45, 7) is 0.560. The van der Waals surface area contributed by atoms with Gasteiger partial charge in [0.1, 0.15) is 0 Å². The van der Waals surface area contributed by atoms with E-state index in [9.17, 15) is 9.59 Å². The third-order valence-corrected chi connectivity index (χ3v) is 5.01. The second kappa shape index (κ2) is 8.68. The van der Waals surface area contributed by atoms with Crippen LogP contribution in [0, 0.1) is 0 Å². The summed E-state index contributed by atoms with van der Waals surface area (Å²) < 4.78 is 0. The van der Waals surface area contributed by atoms with Crippen molar-refractivity contribution in [3.8, 4) is 0 Å². The third kappa shape index (κ3) is 4.96. The number of rotatable bonds is 3. The van der Waals surface area contributed by atoms with Crippen molar-refractivity contribution >= 4 is 46.6 Å². The van der Waals surface area contributed by atoms with Gasteiger partial charge in [0.05, 0.1) is 5.69 Å². The second-order valence-electron chi connectivity index (χ2n) is 5.60. The maximum absolute atomic E-state index is 12.3. The minimum Gasteiger partial charge on any atom is -0.357 e. The zero-order valence-corrected chi connectivity index (χ0v) is 15.5. The average Bonchev–Trinajstić information content (AvgIpc) is 2.85. The van der Waals surface area contributed by atoms with Crippen molar-refractivity contribution in [3.05, 3.63) is 59.7 Å². The monoisotopic (exact) mass is 386 g/mol. The van der Waals surface area contributed by atoms with Gasteiger partial charge < -0.3 is 10.6 Å². The Kier molecular flexibility index (Phi) is 6.08. The predicted octanol–water partition coefficient (Wildman–Crippen LogP) is 2.43. The maximum atomic E-state index is 12.3. The van der Waals surface area contributed by atoms with Gasteiger partial charge in [-0.25, -0.2) is 0 Å². The van der Waals surface area contributed by atoms with Crippen LogP contribution in [0.5, 0.6) is 0 Å². The van der Waals surface area contributed by atoms with Crippen molar-refractivity contribution in [2.45, 2.75) is 17.9 Å². The number of hydrogen-bond acceptors (Lipinski definition) is 4. The standard InChI is InChI=1S/C18H18N4O2S2/c23-16-8-9-26-15-7-6-13(10-14(15)20-16)17(24)21-22-18(25)19-11-12-4-2-1-3-5-12/h1-7,10H,8-9,11H2,(H,20,23)(H,21,24)(H2,19,22,25). The minimum atomic E-state index is -0.333. The molecule has 0 fully saturated rings. The van der Waals surface area contributed by atoms with Crippen molar-refractivity contribution in [1.29, 1.82) is 0 Å². The number of carbonyl (C=O) groups excluding carboxylic acids is 2. The fourth-order valence-electron chi connectivity index (χ4n) is 2.37. The summed E-state index contributed by atoms with van der Waals surface area (Å²) in [4.78, 5) is 24.9. The van der Waals surface area contributed by atoms with E-state index in [0.29, 0.717) is 29.3 Å². The van der Waals surface area contributed by atoms with E-state index in [1.807, 2.05) is 36.4 Å². The quantitative estimate of drug-likeness (QED) is 0.479. The maximum Gasteiger partial charge on any atom is 0.269 e. The number of nitrogens with one attached hydrogen (secondary N) is 4. The highest BCUT2D eigenvalue weighted by molar-refractivity contribution is 7.99. The first kappa shape index (κ1) is 18.2. The Morgan fingerprint density at radius 3 is 2.77 bits per heavy atom. The molecule has 2 amide bonds. The number of benzene rings is 2. The van der Waals surface area contributed by atoms with Crippen molar-refractivity contribution in [3.63, 3.8) is 0 Å². The molecule has 2 aromatic carbocycles. The van der Waals surface area contributed by atoms with Gasteiger partial charge in [-0.1, -0.05) is 30.3 Å². The molecule has 3 rings (SSSR count). The number of thioether (sulfide) groups is 1. The first-order chi connectivity index (χ1) is 12.6. The molecule has 2 aromatic rings. The molecule has 4 N–H and O–H groups in total. The van der Waals surface area contributed by atoms with Gasteiger partial charge >= 0.3 is 0 Å². The number of hydrogen-bond donors (Lipinski definition) is 4. The zero-order valence-electron chi connectivity index (χ0n) is 13.9. The van der Waals surface area contributed by atoms with E-state index in [1.54, 1.807) is 23.9 Å². The topological polar surface area (TPSA) is 82.3 Å². The van der Waals surface area contributed by atoms with Crippen LogP contribution < -0.4 is 21.5 Å². The molecule has 0 aliphatic carbocycles. The van der Waals surface area contributed by atoms with Gasteiger partial charge in [-0.15, -0.1) is 11.8 Å². The van der Waals surface area contributed by atoms with Crippen LogP contribution in [-0.4, -0.2) is 22.7 Å². The highest BCUT2D eigenvalue weighted by Gasteiger charge is 2.15. The molecule has 134 valence electrons. The fraction of sp³-hybridized carbons (Fsp3) is 0.167. The fourth-order valence-corrected chi connectivity index (χ4v) is 3.43. The Hall–Kier alpha value is -2.58. The van der Waals surface area contributed by atoms with Crippen molar-refractivity contribution < 1.29 is 9.59 Å². The Balaban J connectivity index is 1.53. The molecular formula is C18H18N4O2S2. The first-order valence-electron chi connectivity index (χ1n) is 8.06. The number of carbonyl (C=O) groups is 2. The highest BCUT2D eigenvalue weighted by atomic mass is 32.2. The lowest BCUT2D eigenvalue weighted by Gasteiger charge is -2.13. The zero-order chi connectivity index (χ0) is 18.4. The van der Waals surface area contributed by atoms with Crippen LogP contribution in [0.2, 0.25) is 0 Å². The van der Waals surface area contributed by atoms with Crippen LogP contribution in [0.3, 0.4) is 0 Å². The van der Waals surface area contributed by atoms with Gasteiger partial charge in [0.25, 0.3) is 5.91 Å². The molecule has 0 atom stereocenters. The number of amides is 2. The Morgan fingerprint density at radius 1 is 1.15 bits per heavy atom. The molecule has 0 unspecified atom stereocenters. The molecule has 0 bridgehead atoms. The summed E-state index contributed by atoms with van der Waals surface area (Å²) in [5.41, 5.74) is 7.42. The molecule has 0 radical (unpaired) electrons. The van der Waals surface area contributed by atoms with E-state index in [-0.39, 0.29) is 11.8 Å². The van der Waals surface area contributed by atoms with Gasteiger partial charge in [0.2, 0.25) is 5.91 Å². The van der Waals surface area contributed by atoms with Crippen LogP contribution in [0.4, 0.5) is 5.69 Å². The summed E-state index contributed by atoms with van der Waals surface area (Å²) in [5, 5.41) is 6.16. The summed E-state index contributed by atoms with van der Waals surface area (Å²) >= 11 is 6.75. The molecule has 0 saturated heterocycles. The van der Waals surface area contributed by atoms with Crippen LogP contribution in [0.25, 0.3) is 0 Å². The lowest BCUT2D eigenvalue weighted by atomic mass is 10.2. The molecule has 8 heteroatoms. The smallest absolute Gasteiger partial charge is 0.269 e. The van der Waals surface area contributed by atoms with E-state index in [2.05, 4.69) is 21.5 Å². The van der Waals surface area contributed by atoms with Crippen LogP contribution in [-0.2, 0) is 11.3 Å². The second-order valence-corrected chi connectivity index (χ2v) is 7.15. The summed E-state index contributed by atoms with van der Waals surface area (Å²) in [7, 11) is 0. The van der Waals surface area contributed by atoms with Gasteiger partial charge in [0, 0.05) is 29.2 Å². The Morgan fingerprint density at radius 2 is 1.96 bits per heavy atom. The van der Waals surface area contributed by atoms with E-state index in [4.69, 9.17) is 12.2 Å². The number of thiocarbonyl (C=S) groups is 1. The van der Waals surface area contributed by atoms with Crippen LogP contribution in [0.15, 0.2) is 53.4 Å². The average molecular weight is 387 g/mol. The molecule has 26 heavy (non-hydrogen) atoms. The normalized spacial score (nSPS) is 13.0. The van der Waals surface area contributed by atoms with Crippen molar-refractivity contribution in [2.24, 2.45) is 0 Å². The Bertz CT molecular complexity index is 827. The molecule has 6 nitrogen and oxygen atoms in total. The first-order valence-corrected chi connectivity index (χ1v) is 9.46. The van der Waals surface area contributed by atoms with E-state index in [1.165, 1.54) is 0 Å². The van der Waals surface area contributed by atoms with Gasteiger partial charge in [0.15, 0.2) is 5.11 Å². The van der Waals surface area contributed by atoms with Crippen LogP contribution >= 0.6 is 24.0 Å². The summed E-state index contributed by atoms with van der Waals surface area (Å²) in [5.74, 6) is 0.353. The lowest BCUT2D eigenvalue weighted by molar-refractivity contribution is -0.115. The molecule has 0 saturated carbocycles. The van der Waals surface area contributed by atoms with Crippen LogP contribution in [0.1, 0.15) is 22.3 Å². The number of fused-ring (bicyclic) bond motifs is 1. The van der Waals surface area contributed by atoms with E-state index in [0.717, 1.165) is 16.2 Å². The van der Waals surface area contributed by atoms with E-state index < -0.39 is 0 Å². The molecule has 1 aliphatic rings. The van der Waals surface area contributed by atoms with Gasteiger partial charge in [-0.2, -0.15) is 0 Å². The summed E-state index contributed by atoms with van der Waals surface area (Å²) in [6, 6.07) is 15.0. The SMILES string of the molecule is O=C1CCSc2ccc(C(=O)NNC(=S)NCc3ccccc3)cc2N1. The predicted molar refractivity (Wildman–Crippen MR) is 107 cm³/mol. The highest BCUT2D eigenvalue weighted by Crippen LogP contribution is 2.31. The van der Waals surface area contributed by atoms with Gasteiger partial charge in [-0.05, 0) is 36.0 Å². The molecule has 1 heterocycles. The van der Waals surface area contributed by atoms with Gasteiger partial charge in [-0.3, -0.25) is 20.4 Å². The lowest BCUT2D eigenvalue weighted by Crippen LogP contribution is -2.46. The number of anilines is 1. The minimum absolute atomic E-state index is 0.0433. The van der Waals surface area contributed by atoms with Crippen molar-refractivity contribution in [2.75, 3.05) is 11.1 Å². The third-order valence-electron chi connectivity index (χ3n) is 3.69. The number of hydrazine groups is 1. The van der Waals surface area contributed by atoms with E-state index >= 15 is 0 Å². The molecule has 1 aliphatic heterocycles. The molecule has 0 aromatic heterocycles. The van der Waals surface area contributed by atoms with Crippen molar-refractivity contribution in [1.82, 2.24) is 16.2 Å². The molecule has 0 spiro atoms.